The molecule has 2 rings (SSSR count). The molecule has 5 heteroatoms. The highest BCUT2D eigenvalue weighted by atomic mass is 35.5. The molecule has 1 aromatic rings. The Morgan fingerprint density at radius 2 is 2.20 bits per heavy atom. The van der Waals surface area contributed by atoms with E-state index in [0.29, 0.717) is 5.25 Å². The maximum Gasteiger partial charge on any atom is 0.326 e. The number of methoxy groups -OCH3 is 1. The topological polar surface area (TPSA) is 38.3 Å². The van der Waals surface area contributed by atoms with Crippen molar-refractivity contribution in [3.63, 3.8) is 0 Å². The zero-order valence-electron chi connectivity index (χ0n) is 11.8. The molecule has 0 saturated heterocycles. The van der Waals surface area contributed by atoms with Gasteiger partial charge in [-0.1, -0.05) is 23.7 Å². The number of halogens is 1. The van der Waals surface area contributed by atoms with E-state index >= 15 is 0 Å². The first-order valence-electron chi connectivity index (χ1n) is 6.73. The maximum absolute atomic E-state index is 11.9. The van der Waals surface area contributed by atoms with E-state index in [2.05, 4.69) is 17.4 Å². The Morgan fingerprint density at radius 3 is 2.80 bits per heavy atom. The number of benzene rings is 1. The van der Waals surface area contributed by atoms with Crippen molar-refractivity contribution in [1.29, 1.82) is 0 Å². The summed E-state index contributed by atoms with van der Waals surface area (Å²) in [4.78, 5) is 11.9. The molecule has 0 bridgehead atoms. The summed E-state index contributed by atoms with van der Waals surface area (Å²) in [6, 6.07) is 7.93. The van der Waals surface area contributed by atoms with Crippen LogP contribution in [0.2, 0.25) is 5.02 Å². The predicted molar refractivity (Wildman–Crippen MR) is 84.2 cm³/mol. The summed E-state index contributed by atoms with van der Waals surface area (Å²) in [6.45, 7) is 0. The second-order valence-corrected chi connectivity index (χ2v) is 6.85. The van der Waals surface area contributed by atoms with Crippen LogP contribution in [0.5, 0.6) is 0 Å². The summed E-state index contributed by atoms with van der Waals surface area (Å²) in [5.41, 5.74) is 0.770. The van der Waals surface area contributed by atoms with Crippen molar-refractivity contribution in [2.75, 3.05) is 14.2 Å². The van der Waals surface area contributed by atoms with Crippen LogP contribution in [0.3, 0.4) is 0 Å². The largest absolute Gasteiger partial charge is 0.468 e. The molecule has 1 saturated carbocycles. The van der Waals surface area contributed by atoms with Gasteiger partial charge in [-0.3, -0.25) is 4.79 Å². The van der Waals surface area contributed by atoms with Crippen molar-refractivity contribution >= 4 is 29.3 Å². The molecule has 0 aromatic heterocycles. The lowest BCUT2D eigenvalue weighted by molar-refractivity contribution is -0.148. The van der Waals surface area contributed by atoms with E-state index < -0.39 is 5.54 Å². The lowest BCUT2D eigenvalue weighted by Crippen LogP contribution is -2.49. The van der Waals surface area contributed by atoms with Crippen LogP contribution in [-0.4, -0.2) is 30.9 Å². The summed E-state index contributed by atoms with van der Waals surface area (Å²) in [7, 11) is 3.29. The van der Waals surface area contributed by atoms with E-state index in [1.165, 1.54) is 12.7 Å². The fourth-order valence-corrected chi connectivity index (χ4v) is 4.08. The van der Waals surface area contributed by atoms with Gasteiger partial charge in [-0.2, -0.15) is 11.8 Å². The number of carbonyl (C=O) groups excluding carboxylic acids is 1. The quantitative estimate of drug-likeness (QED) is 0.847. The Balaban J connectivity index is 1.89. The highest BCUT2D eigenvalue weighted by molar-refractivity contribution is 7.99. The number of ether oxygens (including phenoxy) is 1. The first-order chi connectivity index (χ1) is 9.59. The standard InChI is InChI=1S/C15H20ClNO2S/c1-17-15(14(18)19-2)8-7-13(9-15)20-10-11-3-5-12(16)6-4-11/h3-6,13,17H,7-10H2,1-2H3. The van der Waals surface area contributed by atoms with E-state index in [1.54, 1.807) is 0 Å². The molecule has 0 amide bonds. The van der Waals surface area contributed by atoms with Crippen molar-refractivity contribution in [2.24, 2.45) is 0 Å². The van der Waals surface area contributed by atoms with Crippen molar-refractivity contribution in [3.8, 4) is 0 Å². The van der Waals surface area contributed by atoms with Crippen molar-refractivity contribution < 1.29 is 9.53 Å². The Labute approximate surface area is 129 Å². The molecule has 2 atom stereocenters. The normalized spacial score (nSPS) is 25.6. The fraction of sp³-hybridized carbons (Fsp3) is 0.533. The van der Waals surface area contributed by atoms with Crippen molar-refractivity contribution in [1.82, 2.24) is 5.32 Å². The minimum absolute atomic E-state index is 0.144. The molecule has 1 aliphatic rings. The second-order valence-electron chi connectivity index (χ2n) is 5.13. The van der Waals surface area contributed by atoms with Gasteiger partial charge in [0.15, 0.2) is 0 Å². The van der Waals surface area contributed by atoms with Crippen LogP contribution < -0.4 is 5.32 Å². The summed E-state index contributed by atoms with van der Waals surface area (Å²) in [6.07, 6.45) is 2.71. The molecule has 1 aliphatic carbocycles. The van der Waals surface area contributed by atoms with Gasteiger partial charge in [0.05, 0.1) is 7.11 Å². The summed E-state index contributed by atoms with van der Waals surface area (Å²) in [5, 5.41) is 4.41. The average molecular weight is 314 g/mol. The molecule has 0 spiro atoms. The number of rotatable bonds is 5. The van der Waals surface area contributed by atoms with Crippen molar-refractivity contribution in [3.05, 3.63) is 34.9 Å². The molecule has 110 valence electrons. The van der Waals surface area contributed by atoms with E-state index in [0.717, 1.165) is 30.0 Å². The molecular formula is C15H20ClNO2S. The summed E-state index contributed by atoms with van der Waals surface area (Å²) in [5.74, 6) is 0.803. The van der Waals surface area contributed by atoms with Crippen LogP contribution in [0.1, 0.15) is 24.8 Å². The SMILES string of the molecule is CNC1(C(=O)OC)CCC(SCc2ccc(Cl)cc2)C1. The van der Waals surface area contributed by atoms with Crippen LogP contribution in [0.4, 0.5) is 0 Å². The number of likely N-dealkylation sites (N-methyl/N-ethyl adjacent to an activating group) is 1. The predicted octanol–water partition coefficient (Wildman–Crippen LogP) is 3.26. The number of nitrogens with one attached hydrogen (secondary N) is 1. The van der Waals surface area contributed by atoms with E-state index in [1.807, 2.05) is 30.9 Å². The third-order valence-electron chi connectivity index (χ3n) is 3.92. The van der Waals surface area contributed by atoms with E-state index in [-0.39, 0.29) is 5.97 Å². The first-order valence-corrected chi connectivity index (χ1v) is 8.16. The number of hydrogen-bond donors (Lipinski definition) is 1. The molecule has 3 nitrogen and oxygen atoms in total. The smallest absolute Gasteiger partial charge is 0.326 e. The van der Waals surface area contributed by atoms with Crippen molar-refractivity contribution in [2.45, 2.75) is 35.8 Å². The number of thioether (sulfide) groups is 1. The number of esters is 1. The fourth-order valence-electron chi connectivity index (χ4n) is 2.65. The summed E-state index contributed by atoms with van der Waals surface area (Å²) < 4.78 is 4.93. The van der Waals surface area contributed by atoms with Gasteiger partial charge in [0.25, 0.3) is 0 Å². The number of carbonyl (C=O) groups is 1. The zero-order valence-corrected chi connectivity index (χ0v) is 13.4. The van der Waals surface area contributed by atoms with Gasteiger partial charge in [0, 0.05) is 16.0 Å². The minimum atomic E-state index is -0.494. The Kier molecular flexibility index (Phi) is 5.35. The molecular weight excluding hydrogens is 294 g/mol. The minimum Gasteiger partial charge on any atom is -0.468 e. The Bertz CT molecular complexity index is 465. The molecule has 1 aromatic carbocycles. The van der Waals surface area contributed by atoms with Gasteiger partial charge in [-0.15, -0.1) is 0 Å². The number of hydrogen-bond acceptors (Lipinski definition) is 4. The van der Waals surface area contributed by atoms with Gasteiger partial charge < -0.3 is 10.1 Å². The van der Waals surface area contributed by atoms with Gasteiger partial charge in [0.2, 0.25) is 0 Å². The lowest BCUT2D eigenvalue weighted by atomic mass is 9.98. The molecule has 1 fully saturated rings. The van der Waals surface area contributed by atoms with Crippen LogP contribution in [0.15, 0.2) is 24.3 Å². The molecule has 0 aliphatic heterocycles. The van der Waals surface area contributed by atoms with Crippen LogP contribution >= 0.6 is 23.4 Å². The summed E-state index contributed by atoms with van der Waals surface area (Å²) >= 11 is 7.78. The van der Waals surface area contributed by atoms with Gasteiger partial charge >= 0.3 is 5.97 Å². The molecule has 20 heavy (non-hydrogen) atoms. The average Bonchev–Trinajstić information content (AvgIpc) is 2.91. The van der Waals surface area contributed by atoms with Crippen LogP contribution in [0.25, 0.3) is 0 Å². The van der Waals surface area contributed by atoms with Gasteiger partial charge in [0.1, 0.15) is 5.54 Å². The highest BCUT2D eigenvalue weighted by Gasteiger charge is 2.45. The van der Waals surface area contributed by atoms with Gasteiger partial charge in [-0.05, 0) is 44.0 Å². The third kappa shape index (κ3) is 3.48. The van der Waals surface area contributed by atoms with E-state index in [4.69, 9.17) is 16.3 Å². The Hall–Kier alpha value is -0.710. The first kappa shape index (κ1) is 15.7. The second kappa shape index (κ2) is 6.83. The van der Waals surface area contributed by atoms with Crippen LogP contribution in [0, 0.1) is 0 Å². The molecule has 0 radical (unpaired) electrons. The lowest BCUT2D eigenvalue weighted by Gasteiger charge is -2.25. The van der Waals surface area contributed by atoms with Gasteiger partial charge in [-0.25, -0.2) is 0 Å². The Morgan fingerprint density at radius 1 is 1.50 bits per heavy atom. The molecule has 1 N–H and O–H groups in total. The third-order valence-corrected chi connectivity index (χ3v) is 5.55. The maximum atomic E-state index is 11.9. The van der Waals surface area contributed by atoms with Crippen LogP contribution in [-0.2, 0) is 15.3 Å². The highest BCUT2D eigenvalue weighted by Crippen LogP contribution is 2.38. The van der Waals surface area contributed by atoms with E-state index in [9.17, 15) is 4.79 Å². The monoisotopic (exact) mass is 313 g/mol. The molecule has 0 heterocycles. The zero-order chi connectivity index (χ0) is 14.6. The molecule has 2 unspecified atom stereocenters.